The second-order valence-corrected chi connectivity index (χ2v) is 8.19. The molecule has 0 amide bonds. The molecule has 3 rings (SSSR count). The summed E-state index contributed by atoms with van der Waals surface area (Å²) in [7, 11) is 0. The third-order valence-electron chi connectivity index (χ3n) is 5.17. The van der Waals surface area contributed by atoms with Gasteiger partial charge in [0.1, 0.15) is 5.75 Å². The highest BCUT2D eigenvalue weighted by Gasteiger charge is 2.18. The second kappa shape index (κ2) is 10.6. The number of aliphatic carboxylic acids is 1. The van der Waals surface area contributed by atoms with Gasteiger partial charge in [-0.2, -0.15) is 0 Å². The van der Waals surface area contributed by atoms with Crippen LogP contribution in [0.1, 0.15) is 31.3 Å². The van der Waals surface area contributed by atoms with E-state index in [1.807, 2.05) is 31.2 Å². The highest BCUT2D eigenvalue weighted by atomic mass is 32.2. The molecule has 0 saturated heterocycles. The largest absolute Gasteiger partial charge is 0.479 e. The first-order valence-electron chi connectivity index (χ1n) is 10.3. The van der Waals surface area contributed by atoms with Crippen molar-refractivity contribution in [3.8, 4) is 17.0 Å². The molecule has 1 unspecified atom stereocenters. The van der Waals surface area contributed by atoms with E-state index in [4.69, 9.17) is 9.47 Å². The molecule has 2 aromatic carbocycles. The van der Waals surface area contributed by atoms with Gasteiger partial charge in [0.2, 0.25) is 0 Å². The maximum atomic E-state index is 11.3. The van der Waals surface area contributed by atoms with Gasteiger partial charge in [-0.3, -0.25) is 0 Å². The van der Waals surface area contributed by atoms with Crippen LogP contribution in [0.15, 0.2) is 65.6 Å². The van der Waals surface area contributed by atoms with Crippen LogP contribution in [0.5, 0.6) is 5.75 Å². The summed E-state index contributed by atoms with van der Waals surface area (Å²) in [6, 6.07) is 20.3. The lowest BCUT2D eigenvalue weighted by Gasteiger charge is -2.22. The Kier molecular flexibility index (Phi) is 7.82. The third kappa shape index (κ3) is 5.71. The SMILES string of the molecule is CCO[C@@H](Cc1ccc(OC(C)n2c(C)ccc2-c2ccc(SC)cc2)cc1)C(=O)O. The molecular formula is C25H29NO4S. The van der Waals surface area contributed by atoms with Gasteiger partial charge < -0.3 is 19.1 Å². The number of carboxylic acid groups (broad SMARTS) is 1. The number of hydrogen-bond donors (Lipinski definition) is 1. The van der Waals surface area contributed by atoms with Crippen molar-refractivity contribution < 1.29 is 19.4 Å². The average Bonchev–Trinajstić information content (AvgIpc) is 3.16. The maximum Gasteiger partial charge on any atom is 0.333 e. The summed E-state index contributed by atoms with van der Waals surface area (Å²) in [5.41, 5.74) is 4.27. The normalized spacial score (nSPS) is 13.0. The lowest BCUT2D eigenvalue weighted by Crippen LogP contribution is -2.26. The lowest BCUT2D eigenvalue weighted by atomic mass is 10.1. The van der Waals surface area contributed by atoms with Gasteiger partial charge in [-0.15, -0.1) is 11.8 Å². The molecular weight excluding hydrogens is 410 g/mol. The van der Waals surface area contributed by atoms with Gasteiger partial charge in [0.15, 0.2) is 12.3 Å². The van der Waals surface area contributed by atoms with Crippen LogP contribution >= 0.6 is 11.8 Å². The topological polar surface area (TPSA) is 60.7 Å². The van der Waals surface area contributed by atoms with Crippen molar-refractivity contribution in [3.05, 3.63) is 71.9 Å². The number of aromatic nitrogens is 1. The molecule has 3 aromatic rings. The Morgan fingerprint density at radius 2 is 1.74 bits per heavy atom. The number of rotatable bonds is 10. The summed E-state index contributed by atoms with van der Waals surface area (Å²) < 4.78 is 13.7. The van der Waals surface area contributed by atoms with Crippen molar-refractivity contribution in [1.82, 2.24) is 4.57 Å². The number of carboxylic acids is 1. The molecule has 0 saturated carbocycles. The molecule has 31 heavy (non-hydrogen) atoms. The number of ether oxygens (including phenoxy) is 2. The van der Waals surface area contributed by atoms with Crippen molar-refractivity contribution in [3.63, 3.8) is 0 Å². The summed E-state index contributed by atoms with van der Waals surface area (Å²) in [6.45, 7) is 6.26. The van der Waals surface area contributed by atoms with Crippen LogP contribution in [-0.2, 0) is 16.0 Å². The van der Waals surface area contributed by atoms with E-state index in [2.05, 4.69) is 54.1 Å². The smallest absolute Gasteiger partial charge is 0.333 e. The Bertz CT molecular complexity index is 995. The zero-order chi connectivity index (χ0) is 22.4. The molecule has 164 valence electrons. The van der Waals surface area contributed by atoms with E-state index in [0.29, 0.717) is 13.0 Å². The van der Waals surface area contributed by atoms with E-state index >= 15 is 0 Å². The van der Waals surface area contributed by atoms with Gasteiger partial charge in [-0.25, -0.2) is 4.79 Å². The molecule has 0 fully saturated rings. The van der Waals surface area contributed by atoms with Gasteiger partial charge in [0, 0.05) is 23.6 Å². The van der Waals surface area contributed by atoms with Crippen LogP contribution in [0, 0.1) is 6.92 Å². The third-order valence-corrected chi connectivity index (χ3v) is 5.91. The van der Waals surface area contributed by atoms with Crippen LogP contribution < -0.4 is 4.74 Å². The molecule has 0 aliphatic rings. The number of hydrogen-bond acceptors (Lipinski definition) is 4. The second-order valence-electron chi connectivity index (χ2n) is 7.31. The van der Waals surface area contributed by atoms with Crippen LogP contribution in [0.3, 0.4) is 0 Å². The van der Waals surface area contributed by atoms with Crippen molar-refractivity contribution in [2.24, 2.45) is 0 Å². The van der Waals surface area contributed by atoms with Crippen molar-refractivity contribution in [1.29, 1.82) is 0 Å². The minimum atomic E-state index is -0.947. The fourth-order valence-corrected chi connectivity index (χ4v) is 4.02. The van der Waals surface area contributed by atoms with Gasteiger partial charge in [0.25, 0.3) is 0 Å². The number of aryl methyl sites for hydroxylation is 1. The zero-order valence-corrected chi connectivity index (χ0v) is 19.2. The number of carbonyl (C=O) groups is 1. The molecule has 0 aliphatic heterocycles. The fourth-order valence-electron chi connectivity index (χ4n) is 3.62. The summed E-state index contributed by atoms with van der Waals surface area (Å²) in [5, 5.41) is 9.27. The lowest BCUT2D eigenvalue weighted by molar-refractivity contribution is -0.149. The zero-order valence-electron chi connectivity index (χ0n) is 18.4. The van der Waals surface area contributed by atoms with E-state index in [9.17, 15) is 9.90 Å². The first-order chi connectivity index (χ1) is 14.9. The van der Waals surface area contributed by atoms with E-state index in [0.717, 1.165) is 28.3 Å². The first-order valence-corrected chi connectivity index (χ1v) is 11.6. The number of thioether (sulfide) groups is 1. The molecule has 0 aliphatic carbocycles. The predicted molar refractivity (Wildman–Crippen MR) is 125 cm³/mol. The average molecular weight is 440 g/mol. The Hall–Kier alpha value is -2.70. The van der Waals surface area contributed by atoms with Crippen LogP contribution in [0.25, 0.3) is 11.3 Å². The van der Waals surface area contributed by atoms with Crippen LogP contribution in [0.2, 0.25) is 0 Å². The minimum Gasteiger partial charge on any atom is -0.479 e. The number of nitrogens with zero attached hydrogens (tertiary/aromatic N) is 1. The Labute approximate surface area is 188 Å². The van der Waals surface area contributed by atoms with Gasteiger partial charge in [0.05, 0.1) is 5.69 Å². The van der Waals surface area contributed by atoms with E-state index in [1.54, 1.807) is 18.7 Å². The van der Waals surface area contributed by atoms with Gasteiger partial charge in [-0.1, -0.05) is 24.3 Å². The fraction of sp³-hybridized carbons (Fsp3) is 0.320. The van der Waals surface area contributed by atoms with Gasteiger partial charge in [-0.05, 0) is 74.6 Å². The molecule has 1 N–H and O–H groups in total. The monoisotopic (exact) mass is 439 g/mol. The molecule has 0 spiro atoms. The predicted octanol–water partition coefficient (Wildman–Crippen LogP) is 5.82. The summed E-state index contributed by atoms with van der Waals surface area (Å²) in [4.78, 5) is 12.5. The standard InChI is InChI=1S/C25H29NO4S/c1-5-29-24(25(27)28)16-19-7-11-21(12-8-19)30-18(3)26-17(2)6-15-23(26)20-9-13-22(31-4)14-10-20/h6-15,18,24H,5,16H2,1-4H3,(H,27,28)/t18?,24-/m0/s1. The molecule has 5 nitrogen and oxygen atoms in total. The van der Waals surface area contributed by atoms with E-state index in [-0.39, 0.29) is 6.23 Å². The summed E-state index contributed by atoms with van der Waals surface area (Å²) >= 11 is 1.73. The Balaban J connectivity index is 1.74. The molecule has 6 heteroatoms. The molecule has 1 aromatic heterocycles. The van der Waals surface area contributed by atoms with Crippen molar-refractivity contribution in [2.45, 2.75) is 44.4 Å². The highest BCUT2D eigenvalue weighted by Crippen LogP contribution is 2.29. The molecule has 2 atom stereocenters. The minimum absolute atomic E-state index is 0.203. The van der Waals surface area contributed by atoms with Crippen molar-refractivity contribution >= 4 is 17.7 Å². The van der Waals surface area contributed by atoms with E-state index < -0.39 is 12.1 Å². The first kappa shape index (κ1) is 23.0. The molecule has 1 heterocycles. The Morgan fingerprint density at radius 3 is 2.32 bits per heavy atom. The van der Waals surface area contributed by atoms with Crippen molar-refractivity contribution in [2.75, 3.05) is 12.9 Å². The summed E-state index contributed by atoms with van der Waals surface area (Å²) in [5.74, 6) is -0.215. The molecule has 0 radical (unpaired) electrons. The number of benzene rings is 2. The van der Waals surface area contributed by atoms with Crippen LogP contribution in [0.4, 0.5) is 0 Å². The molecule has 0 bridgehead atoms. The quantitative estimate of drug-likeness (QED) is 0.404. The highest BCUT2D eigenvalue weighted by molar-refractivity contribution is 7.98. The van der Waals surface area contributed by atoms with Crippen LogP contribution in [-0.4, -0.2) is 34.6 Å². The maximum absolute atomic E-state index is 11.3. The van der Waals surface area contributed by atoms with E-state index in [1.165, 1.54) is 4.90 Å². The van der Waals surface area contributed by atoms with Gasteiger partial charge >= 0.3 is 5.97 Å². The summed E-state index contributed by atoms with van der Waals surface area (Å²) in [6.07, 6.45) is 1.36. The Morgan fingerprint density at radius 1 is 1.06 bits per heavy atom.